The molecule has 0 spiro atoms. The minimum atomic E-state index is 0.0360. The molecule has 0 aliphatic rings. The van der Waals surface area contributed by atoms with Crippen LogP contribution in [0.3, 0.4) is 0 Å². The van der Waals surface area contributed by atoms with Crippen molar-refractivity contribution in [2.75, 3.05) is 17.2 Å². The third kappa shape index (κ3) is 4.22. The van der Waals surface area contributed by atoms with Crippen molar-refractivity contribution in [1.29, 1.82) is 0 Å². The molecule has 114 valence electrons. The van der Waals surface area contributed by atoms with Crippen LogP contribution in [0, 0.1) is 6.92 Å². The largest absolute Gasteiger partial charge is 0.369 e. The highest BCUT2D eigenvalue weighted by atomic mass is 35.5. The Labute approximate surface area is 138 Å². The van der Waals surface area contributed by atoms with E-state index in [1.54, 1.807) is 17.4 Å². The van der Waals surface area contributed by atoms with Crippen LogP contribution in [0.5, 0.6) is 0 Å². The van der Waals surface area contributed by atoms with E-state index in [-0.39, 0.29) is 6.04 Å². The average Bonchev–Trinajstić information content (AvgIpc) is 2.87. The Morgan fingerprint density at radius 2 is 2.00 bits per heavy atom. The maximum Gasteiger partial charge on any atom is 0.147 e. The summed E-state index contributed by atoms with van der Waals surface area (Å²) in [7, 11) is 0. The van der Waals surface area contributed by atoms with Crippen LogP contribution < -0.4 is 10.6 Å². The fourth-order valence-electron chi connectivity index (χ4n) is 1.77. The molecule has 21 heavy (non-hydrogen) atoms. The van der Waals surface area contributed by atoms with Gasteiger partial charge in [-0.25, -0.2) is 9.97 Å². The molecule has 2 aromatic heterocycles. The summed E-state index contributed by atoms with van der Waals surface area (Å²) in [5.74, 6) is 1.26. The SMILES string of the molecule is CCCNc1nc(NC(C)c2ncc(C)s2)c(Cl)cc1Cl. The van der Waals surface area contributed by atoms with Crippen molar-refractivity contribution in [3.8, 4) is 0 Å². The zero-order valence-corrected chi connectivity index (χ0v) is 14.5. The van der Waals surface area contributed by atoms with Crippen LogP contribution in [0.4, 0.5) is 11.6 Å². The van der Waals surface area contributed by atoms with Crippen LogP contribution in [0.1, 0.15) is 36.2 Å². The van der Waals surface area contributed by atoms with Crippen molar-refractivity contribution in [2.45, 2.75) is 33.2 Å². The van der Waals surface area contributed by atoms with Gasteiger partial charge >= 0.3 is 0 Å². The molecule has 0 radical (unpaired) electrons. The van der Waals surface area contributed by atoms with Crippen LogP contribution in [-0.2, 0) is 0 Å². The quantitative estimate of drug-likeness (QED) is 0.760. The van der Waals surface area contributed by atoms with E-state index >= 15 is 0 Å². The lowest BCUT2D eigenvalue weighted by molar-refractivity contribution is 0.860. The normalized spacial score (nSPS) is 12.2. The lowest BCUT2D eigenvalue weighted by Crippen LogP contribution is -2.10. The monoisotopic (exact) mass is 344 g/mol. The summed E-state index contributed by atoms with van der Waals surface area (Å²) < 4.78 is 0. The lowest BCUT2D eigenvalue weighted by atomic mass is 10.3. The second kappa shape index (κ2) is 7.29. The second-order valence-electron chi connectivity index (χ2n) is 4.75. The Morgan fingerprint density at radius 1 is 1.29 bits per heavy atom. The van der Waals surface area contributed by atoms with Crippen molar-refractivity contribution in [3.05, 3.63) is 32.2 Å². The van der Waals surface area contributed by atoms with Gasteiger partial charge in [-0.3, -0.25) is 0 Å². The van der Waals surface area contributed by atoms with Gasteiger partial charge in [0.2, 0.25) is 0 Å². The van der Waals surface area contributed by atoms with E-state index in [1.807, 2.05) is 20.0 Å². The van der Waals surface area contributed by atoms with Crippen LogP contribution in [-0.4, -0.2) is 16.5 Å². The molecule has 0 aromatic carbocycles. The van der Waals surface area contributed by atoms with Gasteiger partial charge in [-0.15, -0.1) is 11.3 Å². The minimum absolute atomic E-state index is 0.0360. The van der Waals surface area contributed by atoms with E-state index in [0.717, 1.165) is 18.0 Å². The molecule has 1 atom stereocenters. The van der Waals surface area contributed by atoms with E-state index in [2.05, 4.69) is 27.5 Å². The standard InChI is InChI=1S/C14H18Cl2N4S/c1-4-5-17-12-10(15)6-11(16)13(20-12)19-9(3)14-18-7-8(2)21-14/h6-7,9H,4-5H2,1-3H3,(H2,17,19,20). The summed E-state index contributed by atoms with van der Waals surface area (Å²) in [4.78, 5) is 10.0. The molecule has 2 rings (SSSR count). The van der Waals surface area contributed by atoms with Gasteiger partial charge in [0.05, 0.1) is 16.1 Å². The summed E-state index contributed by atoms with van der Waals surface area (Å²) >= 11 is 14.0. The molecule has 7 heteroatoms. The van der Waals surface area contributed by atoms with E-state index < -0.39 is 0 Å². The Morgan fingerprint density at radius 3 is 2.62 bits per heavy atom. The van der Waals surface area contributed by atoms with Gasteiger partial charge in [-0.05, 0) is 26.3 Å². The molecule has 4 nitrogen and oxygen atoms in total. The second-order valence-corrected chi connectivity index (χ2v) is 6.83. The van der Waals surface area contributed by atoms with E-state index in [1.165, 1.54) is 4.88 Å². The topological polar surface area (TPSA) is 49.8 Å². The maximum atomic E-state index is 6.22. The van der Waals surface area contributed by atoms with Gasteiger partial charge in [-0.2, -0.15) is 0 Å². The molecule has 2 heterocycles. The first-order valence-corrected chi connectivity index (χ1v) is 8.37. The number of anilines is 2. The van der Waals surface area contributed by atoms with Gasteiger partial charge in [0.25, 0.3) is 0 Å². The number of halogens is 2. The minimum Gasteiger partial charge on any atom is -0.369 e. The van der Waals surface area contributed by atoms with Crippen LogP contribution in [0.25, 0.3) is 0 Å². The number of thiazole rings is 1. The molecule has 2 N–H and O–H groups in total. The first-order valence-electron chi connectivity index (χ1n) is 6.80. The summed E-state index contributed by atoms with van der Waals surface area (Å²) in [5, 5.41) is 8.51. The zero-order chi connectivity index (χ0) is 15.4. The predicted octanol–water partition coefficient (Wildman–Crippen LogP) is 5.15. The molecule has 0 amide bonds. The highest BCUT2D eigenvalue weighted by molar-refractivity contribution is 7.11. The molecular formula is C14H18Cl2N4S. The van der Waals surface area contributed by atoms with Gasteiger partial charge in [0.1, 0.15) is 16.6 Å². The maximum absolute atomic E-state index is 6.22. The van der Waals surface area contributed by atoms with Crippen LogP contribution >= 0.6 is 34.5 Å². The molecular weight excluding hydrogens is 327 g/mol. The van der Waals surface area contributed by atoms with Gasteiger partial charge < -0.3 is 10.6 Å². The smallest absolute Gasteiger partial charge is 0.147 e. The lowest BCUT2D eigenvalue weighted by Gasteiger charge is -2.15. The first-order chi connectivity index (χ1) is 10.0. The highest BCUT2D eigenvalue weighted by Crippen LogP contribution is 2.32. The Kier molecular flexibility index (Phi) is 5.67. The third-order valence-corrected chi connectivity index (χ3v) is 4.51. The fraction of sp³-hybridized carbons (Fsp3) is 0.429. The molecule has 0 saturated heterocycles. The molecule has 1 unspecified atom stereocenters. The number of nitrogens with zero attached hydrogens (tertiary/aromatic N) is 2. The van der Waals surface area contributed by atoms with Gasteiger partial charge in [-0.1, -0.05) is 30.1 Å². The third-order valence-electron chi connectivity index (χ3n) is 2.83. The van der Waals surface area contributed by atoms with Crippen molar-refractivity contribution in [3.63, 3.8) is 0 Å². The molecule has 0 bridgehead atoms. The Balaban J connectivity index is 2.18. The predicted molar refractivity (Wildman–Crippen MR) is 91.9 cm³/mol. The van der Waals surface area contributed by atoms with Crippen LogP contribution in [0.2, 0.25) is 10.0 Å². The van der Waals surface area contributed by atoms with Crippen molar-refractivity contribution in [2.24, 2.45) is 0 Å². The number of hydrogen-bond acceptors (Lipinski definition) is 5. The zero-order valence-electron chi connectivity index (χ0n) is 12.2. The summed E-state index contributed by atoms with van der Waals surface area (Å²) in [6.45, 7) is 6.97. The molecule has 0 fully saturated rings. The van der Waals surface area contributed by atoms with Crippen molar-refractivity contribution in [1.82, 2.24) is 9.97 Å². The van der Waals surface area contributed by atoms with E-state index in [0.29, 0.717) is 21.7 Å². The fourth-order valence-corrected chi connectivity index (χ4v) is 3.03. The number of aryl methyl sites for hydroxylation is 1. The molecule has 0 aliphatic heterocycles. The van der Waals surface area contributed by atoms with Gasteiger partial charge in [0.15, 0.2) is 0 Å². The molecule has 0 saturated carbocycles. The van der Waals surface area contributed by atoms with Crippen molar-refractivity contribution < 1.29 is 0 Å². The number of aromatic nitrogens is 2. The molecule has 0 aliphatic carbocycles. The average molecular weight is 345 g/mol. The number of hydrogen-bond donors (Lipinski definition) is 2. The van der Waals surface area contributed by atoms with E-state index in [9.17, 15) is 0 Å². The number of nitrogens with one attached hydrogen (secondary N) is 2. The van der Waals surface area contributed by atoms with Crippen molar-refractivity contribution >= 4 is 46.2 Å². The Hall–Kier alpha value is -1.04. The van der Waals surface area contributed by atoms with E-state index in [4.69, 9.17) is 23.2 Å². The Bertz CT molecular complexity index is 615. The number of rotatable bonds is 6. The highest BCUT2D eigenvalue weighted by Gasteiger charge is 2.14. The summed E-state index contributed by atoms with van der Waals surface area (Å²) in [5.41, 5.74) is 0. The summed E-state index contributed by atoms with van der Waals surface area (Å²) in [6, 6.07) is 1.74. The molecule has 2 aromatic rings. The van der Waals surface area contributed by atoms with Crippen LogP contribution in [0.15, 0.2) is 12.3 Å². The summed E-state index contributed by atoms with van der Waals surface area (Å²) in [6.07, 6.45) is 2.86. The number of pyridine rings is 1. The first kappa shape index (κ1) is 16.3. The van der Waals surface area contributed by atoms with Gasteiger partial charge in [0, 0.05) is 17.6 Å².